The molecule has 0 bridgehead atoms. The maximum atomic E-state index is 10.1. The maximum absolute atomic E-state index is 10.1. The average Bonchev–Trinajstić information content (AvgIpc) is 2.18. The first-order chi connectivity index (χ1) is 7.80. The third-order valence-corrected chi connectivity index (χ3v) is 2.57. The maximum Gasteiger partial charge on any atom is 0.243 e. The van der Waals surface area contributed by atoms with Crippen molar-refractivity contribution in [2.75, 3.05) is 11.9 Å². The molecule has 0 aliphatic carbocycles. The Labute approximate surface area is 103 Å². The fraction of sp³-hybridized carbons (Fsp3) is 0.750. The zero-order chi connectivity index (χ0) is 13.1. The molecule has 5 nitrogen and oxygen atoms in total. The molecule has 0 amide bonds. The van der Waals surface area contributed by atoms with Crippen LogP contribution in [0.3, 0.4) is 0 Å². The van der Waals surface area contributed by atoms with E-state index in [1.165, 1.54) is 0 Å². The molecule has 2 N–H and O–H groups in total. The van der Waals surface area contributed by atoms with E-state index in [1.807, 2.05) is 20.8 Å². The van der Waals surface area contributed by atoms with Crippen molar-refractivity contribution in [1.29, 1.82) is 0 Å². The van der Waals surface area contributed by atoms with E-state index in [0.717, 1.165) is 17.8 Å². The number of aromatic nitrogens is 3. The van der Waals surface area contributed by atoms with Crippen LogP contribution < -0.4 is 5.32 Å². The van der Waals surface area contributed by atoms with E-state index in [2.05, 4.69) is 34.3 Å². The molecule has 96 valence electrons. The van der Waals surface area contributed by atoms with Gasteiger partial charge in [-0.25, -0.2) is 4.98 Å². The Bertz CT molecular complexity index is 377. The fourth-order valence-corrected chi connectivity index (χ4v) is 1.75. The number of aryl methyl sites for hydroxylation is 2. The Hall–Kier alpha value is -1.23. The Morgan fingerprint density at radius 1 is 1.24 bits per heavy atom. The lowest BCUT2D eigenvalue weighted by Crippen LogP contribution is -2.35. The number of nitrogens with one attached hydrogen (secondary N) is 1. The first-order valence-electron chi connectivity index (χ1n) is 5.94. The van der Waals surface area contributed by atoms with Gasteiger partial charge in [0, 0.05) is 6.54 Å². The average molecular weight is 238 g/mol. The number of hydrogen-bond donors (Lipinski definition) is 2. The van der Waals surface area contributed by atoms with Crippen LogP contribution >= 0.6 is 0 Å². The number of aliphatic hydroxyl groups is 1. The Morgan fingerprint density at radius 3 is 2.41 bits per heavy atom. The van der Waals surface area contributed by atoms with Crippen LogP contribution in [-0.4, -0.2) is 32.4 Å². The number of nitrogens with zero attached hydrogens (tertiary/aromatic N) is 3. The fourth-order valence-electron chi connectivity index (χ4n) is 1.75. The minimum Gasteiger partial charge on any atom is -0.388 e. The summed E-state index contributed by atoms with van der Waals surface area (Å²) < 4.78 is 0. The molecule has 17 heavy (non-hydrogen) atoms. The van der Waals surface area contributed by atoms with Gasteiger partial charge in [0.25, 0.3) is 0 Å². The van der Waals surface area contributed by atoms with E-state index in [9.17, 15) is 5.11 Å². The van der Waals surface area contributed by atoms with E-state index in [-0.39, 0.29) is 0 Å². The van der Waals surface area contributed by atoms with Gasteiger partial charge in [0.05, 0.1) is 17.0 Å². The van der Waals surface area contributed by atoms with Crippen LogP contribution in [0.4, 0.5) is 5.95 Å². The summed E-state index contributed by atoms with van der Waals surface area (Å²) in [7, 11) is 0. The Balaban J connectivity index is 2.58. The molecule has 1 unspecified atom stereocenters. The molecule has 0 saturated carbocycles. The summed E-state index contributed by atoms with van der Waals surface area (Å²) in [5, 5.41) is 21.1. The number of rotatable bonds is 5. The summed E-state index contributed by atoms with van der Waals surface area (Å²) in [6.07, 6.45) is 0.734. The predicted molar refractivity (Wildman–Crippen MR) is 67.9 cm³/mol. The van der Waals surface area contributed by atoms with Gasteiger partial charge in [-0.15, -0.1) is 5.10 Å². The second-order valence-corrected chi connectivity index (χ2v) is 5.25. The highest BCUT2D eigenvalue weighted by atomic mass is 16.3. The molecular weight excluding hydrogens is 216 g/mol. The van der Waals surface area contributed by atoms with Crippen LogP contribution in [0.1, 0.15) is 38.6 Å². The zero-order valence-electron chi connectivity index (χ0n) is 11.3. The van der Waals surface area contributed by atoms with Gasteiger partial charge in [0.2, 0.25) is 5.95 Å². The van der Waals surface area contributed by atoms with Crippen molar-refractivity contribution in [2.24, 2.45) is 5.92 Å². The van der Waals surface area contributed by atoms with Gasteiger partial charge in [-0.05, 0) is 33.1 Å². The lowest BCUT2D eigenvalue weighted by atomic mass is 9.94. The molecule has 1 aromatic heterocycles. The van der Waals surface area contributed by atoms with E-state index in [4.69, 9.17) is 0 Å². The Kier molecular flexibility index (Phi) is 4.40. The second kappa shape index (κ2) is 5.40. The van der Waals surface area contributed by atoms with Gasteiger partial charge < -0.3 is 10.4 Å². The SMILES string of the molecule is Cc1nnc(NCC(C)(O)CC(C)C)nc1C. The van der Waals surface area contributed by atoms with E-state index in [0.29, 0.717) is 18.4 Å². The summed E-state index contributed by atoms with van der Waals surface area (Å²) >= 11 is 0. The lowest BCUT2D eigenvalue weighted by molar-refractivity contribution is 0.0513. The molecule has 0 aliphatic rings. The van der Waals surface area contributed by atoms with Gasteiger partial charge >= 0.3 is 0 Å². The third kappa shape index (κ3) is 4.65. The quantitative estimate of drug-likeness (QED) is 0.817. The standard InChI is InChI=1S/C12H22N4O/c1-8(2)6-12(5,17)7-13-11-14-9(3)10(4)15-16-11/h8,17H,6-7H2,1-5H3,(H,13,14,16). The van der Waals surface area contributed by atoms with Crippen molar-refractivity contribution in [3.8, 4) is 0 Å². The first-order valence-corrected chi connectivity index (χ1v) is 5.94. The second-order valence-electron chi connectivity index (χ2n) is 5.25. The molecule has 1 heterocycles. The summed E-state index contributed by atoms with van der Waals surface area (Å²) in [6, 6.07) is 0. The van der Waals surface area contributed by atoms with Crippen LogP contribution in [0.2, 0.25) is 0 Å². The summed E-state index contributed by atoms with van der Waals surface area (Å²) in [5.74, 6) is 0.919. The van der Waals surface area contributed by atoms with Crippen LogP contribution in [0.15, 0.2) is 0 Å². The lowest BCUT2D eigenvalue weighted by Gasteiger charge is -2.25. The molecule has 0 aliphatic heterocycles. The molecule has 1 aromatic rings. The van der Waals surface area contributed by atoms with Crippen molar-refractivity contribution >= 4 is 5.95 Å². The normalized spacial score (nSPS) is 14.8. The van der Waals surface area contributed by atoms with E-state index in [1.54, 1.807) is 0 Å². The zero-order valence-corrected chi connectivity index (χ0v) is 11.3. The highest BCUT2D eigenvalue weighted by molar-refractivity contribution is 5.25. The molecule has 0 spiro atoms. The van der Waals surface area contributed by atoms with Gasteiger partial charge in [-0.1, -0.05) is 13.8 Å². The highest BCUT2D eigenvalue weighted by Crippen LogP contribution is 2.16. The van der Waals surface area contributed by atoms with Crippen LogP contribution in [-0.2, 0) is 0 Å². The summed E-state index contributed by atoms with van der Waals surface area (Å²) in [6.45, 7) is 10.2. The van der Waals surface area contributed by atoms with Crippen LogP contribution in [0, 0.1) is 19.8 Å². The van der Waals surface area contributed by atoms with Gasteiger partial charge in [-0.2, -0.15) is 5.10 Å². The molecule has 0 saturated heterocycles. The molecule has 5 heteroatoms. The largest absolute Gasteiger partial charge is 0.388 e. The van der Waals surface area contributed by atoms with Gasteiger partial charge in [-0.3, -0.25) is 0 Å². The summed E-state index contributed by atoms with van der Waals surface area (Å²) in [4.78, 5) is 4.26. The predicted octanol–water partition coefficient (Wildman–Crippen LogP) is 1.70. The summed E-state index contributed by atoms with van der Waals surface area (Å²) in [5.41, 5.74) is 0.923. The van der Waals surface area contributed by atoms with E-state index >= 15 is 0 Å². The highest BCUT2D eigenvalue weighted by Gasteiger charge is 2.21. The first kappa shape index (κ1) is 13.8. The van der Waals surface area contributed by atoms with Crippen molar-refractivity contribution in [3.63, 3.8) is 0 Å². The monoisotopic (exact) mass is 238 g/mol. The van der Waals surface area contributed by atoms with Crippen LogP contribution in [0.5, 0.6) is 0 Å². The topological polar surface area (TPSA) is 70.9 Å². The minimum atomic E-state index is -0.754. The molecule has 0 aromatic carbocycles. The van der Waals surface area contributed by atoms with Gasteiger partial charge in [0.15, 0.2) is 0 Å². The third-order valence-electron chi connectivity index (χ3n) is 2.57. The smallest absolute Gasteiger partial charge is 0.243 e. The van der Waals surface area contributed by atoms with E-state index < -0.39 is 5.60 Å². The van der Waals surface area contributed by atoms with Gasteiger partial charge in [0.1, 0.15) is 0 Å². The Morgan fingerprint density at radius 2 is 1.88 bits per heavy atom. The molecule has 1 rings (SSSR count). The van der Waals surface area contributed by atoms with Crippen LogP contribution in [0.25, 0.3) is 0 Å². The molecule has 1 atom stereocenters. The van der Waals surface area contributed by atoms with Crippen molar-refractivity contribution < 1.29 is 5.11 Å². The molecule has 0 fully saturated rings. The van der Waals surface area contributed by atoms with Crippen molar-refractivity contribution in [2.45, 2.75) is 46.6 Å². The van der Waals surface area contributed by atoms with Crippen molar-refractivity contribution in [3.05, 3.63) is 11.4 Å². The minimum absolute atomic E-state index is 0.426. The molecular formula is C12H22N4O. The number of anilines is 1. The van der Waals surface area contributed by atoms with Crippen molar-refractivity contribution in [1.82, 2.24) is 15.2 Å². The number of hydrogen-bond acceptors (Lipinski definition) is 5. The molecule has 0 radical (unpaired) electrons.